The van der Waals surface area contributed by atoms with Gasteiger partial charge in [0.2, 0.25) is 5.91 Å². The Hall–Kier alpha value is -2.31. The van der Waals surface area contributed by atoms with Gasteiger partial charge in [0.15, 0.2) is 5.96 Å². The molecule has 1 aromatic heterocycles. The topological polar surface area (TPSA) is 78.9 Å². The fraction of sp³-hybridized carbons (Fsp3) is 0.588. The number of amides is 1. The number of guanidine groups is 1. The summed E-state index contributed by atoms with van der Waals surface area (Å²) in [5, 5.41) is 6.35. The van der Waals surface area contributed by atoms with Crippen LogP contribution < -0.4 is 15.4 Å². The highest BCUT2D eigenvalue weighted by molar-refractivity contribution is 5.80. The molecule has 0 fully saturated rings. The predicted octanol–water partition coefficient (Wildman–Crippen LogP) is 1.27. The number of hydrogen-bond donors (Lipinski definition) is 2. The summed E-state index contributed by atoms with van der Waals surface area (Å²) in [6.07, 6.45) is 3.81. The first-order chi connectivity index (χ1) is 11.7. The molecule has 0 radical (unpaired) electrons. The molecular weight excluding hydrogens is 306 g/mol. The first-order valence-electron chi connectivity index (χ1n) is 8.54. The molecule has 24 heavy (non-hydrogen) atoms. The maximum atomic E-state index is 12.0. The lowest BCUT2D eigenvalue weighted by molar-refractivity contribution is -0.130. The smallest absolute Gasteiger partial charge is 0.224 e. The lowest BCUT2D eigenvalue weighted by Gasteiger charge is -2.18. The number of aromatic nitrogens is 1. The van der Waals surface area contributed by atoms with Crippen molar-refractivity contribution in [1.29, 1.82) is 0 Å². The molecule has 1 rings (SSSR count). The number of pyridine rings is 1. The second kappa shape index (κ2) is 12.2. The largest absolute Gasteiger partial charge is 0.490 e. The number of nitrogens with zero attached hydrogens (tertiary/aromatic N) is 3. The zero-order valence-corrected chi connectivity index (χ0v) is 14.9. The zero-order chi connectivity index (χ0) is 17.6. The molecule has 1 heterocycles. The summed E-state index contributed by atoms with van der Waals surface area (Å²) in [6.45, 7) is 9.81. The van der Waals surface area contributed by atoms with Crippen molar-refractivity contribution in [2.75, 3.05) is 39.3 Å². The quantitative estimate of drug-likeness (QED) is 0.382. The molecule has 0 aliphatic heterocycles. The number of rotatable bonds is 10. The Bertz CT molecular complexity index is 489. The predicted molar refractivity (Wildman–Crippen MR) is 96.3 cm³/mol. The number of carbonyl (C=O) groups excluding carboxylic acids is 1. The van der Waals surface area contributed by atoms with Crippen molar-refractivity contribution in [2.45, 2.75) is 27.2 Å². The molecule has 0 unspecified atom stereocenters. The number of aliphatic imine (C=N–C) groups is 1. The van der Waals surface area contributed by atoms with E-state index in [0.29, 0.717) is 32.1 Å². The molecule has 0 spiro atoms. The Balaban J connectivity index is 2.32. The first kappa shape index (κ1) is 19.7. The van der Waals surface area contributed by atoms with Gasteiger partial charge in [0, 0.05) is 32.3 Å². The molecule has 0 bridgehead atoms. The third-order valence-electron chi connectivity index (χ3n) is 3.35. The molecule has 0 aliphatic rings. The summed E-state index contributed by atoms with van der Waals surface area (Å²) in [4.78, 5) is 22.2. The second-order valence-corrected chi connectivity index (χ2v) is 5.04. The van der Waals surface area contributed by atoms with Crippen LogP contribution in [0.2, 0.25) is 0 Å². The van der Waals surface area contributed by atoms with Crippen molar-refractivity contribution < 1.29 is 9.53 Å². The molecule has 1 aromatic rings. The third kappa shape index (κ3) is 7.80. The van der Waals surface area contributed by atoms with Crippen LogP contribution >= 0.6 is 0 Å². The van der Waals surface area contributed by atoms with Gasteiger partial charge in [-0.2, -0.15) is 0 Å². The number of nitrogens with one attached hydrogen (secondary N) is 2. The van der Waals surface area contributed by atoms with Gasteiger partial charge in [-0.05, 0) is 32.9 Å². The molecule has 1 amide bonds. The minimum absolute atomic E-state index is 0.138. The molecule has 0 atom stereocenters. The molecule has 2 N–H and O–H groups in total. The summed E-state index contributed by atoms with van der Waals surface area (Å²) < 4.78 is 5.57. The van der Waals surface area contributed by atoms with E-state index in [9.17, 15) is 4.79 Å². The van der Waals surface area contributed by atoms with E-state index in [4.69, 9.17) is 4.74 Å². The van der Waals surface area contributed by atoms with Gasteiger partial charge < -0.3 is 20.3 Å². The van der Waals surface area contributed by atoms with Crippen LogP contribution in [-0.4, -0.2) is 61.1 Å². The van der Waals surface area contributed by atoms with E-state index >= 15 is 0 Å². The molecule has 7 heteroatoms. The Kier molecular flexibility index (Phi) is 9.99. The molecule has 0 aliphatic carbocycles. The van der Waals surface area contributed by atoms with Crippen molar-refractivity contribution in [1.82, 2.24) is 20.5 Å². The number of carbonyl (C=O) groups is 1. The van der Waals surface area contributed by atoms with Crippen LogP contribution in [0.1, 0.15) is 27.2 Å². The molecule has 0 aromatic carbocycles. The average Bonchev–Trinajstić information content (AvgIpc) is 2.60. The molecular formula is C17H29N5O2. The van der Waals surface area contributed by atoms with E-state index in [0.717, 1.165) is 25.4 Å². The van der Waals surface area contributed by atoms with Crippen molar-refractivity contribution in [3.8, 4) is 5.75 Å². The molecule has 7 nitrogen and oxygen atoms in total. The Morgan fingerprint density at radius 3 is 2.71 bits per heavy atom. The van der Waals surface area contributed by atoms with Crippen LogP contribution in [0.25, 0.3) is 0 Å². The van der Waals surface area contributed by atoms with Gasteiger partial charge in [-0.15, -0.1) is 0 Å². The highest BCUT2D eigenvalue weighted by Gasteiger charge is 2.08. The molecule has 0 saturated heterocycles. The lowest BCUT2D eigenvalue weighted by Crippen LogP contribution is -2.39. The zero-order valence-electron chi connectivity index (χ0n) is 14.9. The van der Waals surface area contributed by atoms with Crippen LogP contribution in [0, 0.1) is 0 Å². The standard InChI is InChI=1S/C17H29N5O2/c1-4-19-17(20-11-9-16(23)22(5-2)6-3)21-12-13-24-15-8-7-10-18-14-15/h7-8,10,14H,4-6,9,11-13H2,1-3H3,(H2,19,20,21). The maximum Gasteiger partial charge on any atom is 0.224 e. The Morgan fingerprint density at radius 2 is 2.08 bits per heavy atom. The number of hydrogen-bond acceptors (Lipinski definition) is 4. The average molecular weight is 335 g/mol. The van der Waals surface area contributed by atoms with E-state index in [2.05, 4.69) is 20.6 Å². The highest BCUT2D eigenvalue weighted by atomic mass is 16.5. The number of ether oxygens (including phenoxy) is 1. The van der Waals surface area contributed by atoms with E-state index in [1.165, 1.54) is 0 Å². The van der Waals surface area contributed by atoms with Gasteiger partial charge >= 0.3 is 0 Å². The summed E-state index contributed by atoms with van der Waals surface area (Å²) in [6, 6.07) is 3.70. The third-order valence-corrected chi connectivity index (χ3v) is 3.35. The fourth-order valence-electron chi connectivity index (χ4n) is 2.11. The van der Waals surface area contributed by atoms with E-state index in [-0.39, 0.29) is 5.91 Å². The van der Waals surface area contributed by atoms with Gasteiger partial charge in [-0.3, -0.25) is 14.8 Å². The fourth-order valence-corrected chi connectivity index (χ4v) is 2.11. The van der Waals surface area contributed by atoms with Crippen LogP contribution in [0.5, 0.6) is 5.75 Å². The van der Waals surface area contributed by atoms with E-state index < -0.39 is 0 Å². The van der Waals surface area contributed by atoms with Gasteiger partial charge in [-0.25, -0.2) is 0 Å². The Labute approximate surface area is 144 Å². The SMILES string of the molecule is CCNC(=NCCC(=O)N(CC)CC)NCCOc1cccnc1. The summed E-state index contributed by atoms with van der Waals surface area (Å²) in [5.74, 6) is 1.57. The van der Waals surface area contributed by atoms with Crippen LogP contribution in [0.4, 0.5) is 0 Å². The van der Waals surface area contributed by atoms with Gasteiger partial charge in [0.25, 0.3) is 0 Å². The summed E-state index contributed by atoms with van der Waals surface area (Å²) >= 11 is 0. The van der Waals surface area contributed by atoms with Gasteiger partial charge in [0.05, 0.1) is 19.3 Å². The van der Waals surface area contributed by atoms with Crippen molar-refractivity contribution in [3.05, 3.63) is 24.5 Å². The van der Waals surface area contributed by atoms with E-state index in [1.54, 1.807) is 12.4 Å². The van der Waals surface area contributed by atoms with Gasteiger partial charge in [-0.1, -0.05) is 0 Å². The first-order valence-corrected chi connectivity index (χ1v) is 8.54. The second-order valence-electron chi connectivity index (χ2n) is 5.04. The van der Waals surface area contributed by atoms with Crippen molar-refractivity contribution >= 4 is 11.9 Å². The van der Waals surface area contributed by atoms with Crippen LogP contribution in [0.15, 0.2) is 29.5 Å². The monoisotopic (exact) mass is 335 g/mol. The van der Waals surface area contributed by atoms with E-state index in [1.807, 2.05) is 37.8 Å². The van der Waals surface area contributed by atoms with Crippen LogP contribution in [0.3, 0.4) is 0 Å². The Morgan fingerprint density at radius 1 is 1.29 bits per heavy atom. The lowest BCUT2D eigenvalue weighted by atomic mass is 10.3. The van der Waals surface area contributed by atoms with Crippen molar-refractivity contribution in [2.24, 2.45) is 4.99 Å². The summed E-state index contributed by atoms with van der Waals surface area (Å²) in [7, 11) is 0. The summed E-state index contributed by atoms with van der Waals surface area (Å²) in [5.41, 5.74) is 0. The molecule has 134 valence electrons. The normalized spacial score (nSPS) is 11.0. The van der Waals surface area contributed by atoms with Crippen molar-refractivity contribution in [3.63, 3.8) is 0 Å². The van der Waals surface area contributed by atoms with Crippen LogP contribution in [-0.2, 0) is 4.79 Å². The van der Waals surface area contributed by atoms with Gasteiger partial charge in [0.1, 0.15) is 12.4 Å². The maximum absolute atomic E-state index is 12.0. The minimum atomic E-state index is 0.138. The highest BCUT2D eigenvalue weighted by Crippen LogP contribution is 2.04. The minimum Gasteiger partial charge on any atom is -0.490 e. The molecule has 0 saturated carbocycles.